The molecule has 0 N–H and O–H groups in total. The number of β-lactam (4-membered cyclic amide) rings is 1. The Bertz CT molecular complexity index is 689. The summed E-state index contributed by atoms with van der Waals surface area (Å²) in [5.41, 5.74) is 2.65. The molecule has 21 heavy (non-hydrogen) atoms. The van der Waals surface area contributed by atoms with Crippen molar-refractivity contribution in [1.82, 2.24) is 0 Å². The molecule has 1 amide bonds. The molecule has 3 rings (SSSR count). The molecule has 0 saturated carbocycles. The Morgan fingerprint density at radius 2 is 1.57 bits per heavy atom. The van der Waals surface area contributed by atoms with Gasteiger partial charge in [0.1, 0.15) is 11.8 Å². The predicted molar refractivity (Wildman–Crippen MR) is 79.4 cm³/mol. The lowest BCUT2D eigenvalue weighted by Gasteiger charge is -2.38. The normalized spacial score (nSPS) is 17.6. The van der Waals surface area contributed by atoms with Crippen molar-refractivity contribution < 1.29 is 14.3 Å². The fourth-order valence-electron chi connectivity index (χ4n) is 2.46. The molecule has 0 radical (unpaired) electrons. The van der Waals surface area contributed by atoms with Crippen LogP contribution in [0.4, 0.5) is 5.69 Å². The maximum absolute atomic E-state index is 11.9. The first-order valence-electron chi connectivity index (χ1n) is 6.70. The van der Waals surface area contributed by atoms with Gasteiger partial charge in [-0.1, -0.05) is 29.8 Å². The number of nitrogens with zero attached hydrogens (tertiary/aromatic N) is 1. The van der Waals surface area contributed by atoms with E-state index in [1.54, 1.807) is 31.4 Å². The van der Waals surface area contributed by atoms with Crippen molar-refractivity contribution in [2.45, 2.75) is 13.0 Å². The van der Waals surface area contributed by atoms with Crippen LogP contribution in [0.3, 0.4) is 0 Å². The van der Waals surface area contributed by atoms with Crippen LogP contribution in [0, 0.1) is 6.92 Å². The number of methoxy groups -OCH3 is 1. The first kappa shape index (κ1) is 13.4. The largest absolute Gasteiger partial charge is 0.497 e. The maximum Gasteiger partial charge on any atom is 0.297 e. The number of carbonyl (C=O) groups excluding carboxylic acids is 2. The molecule has 0 spiro atoms. The van der Waals surface area contributed by atoms with Gasteiger partial charge in [0.2, 0.25) is 5.78 Å². The summed E-state index contributed by atoms with van der Waals surface area (Å²) in [6, 6.07) is 14.3. The maximum atomic E-state index is 11.9. The Hall–Kier alpha value is -2.62. The summed E-state index contributed by atoms with van der Waals surface area (Å²) in [7, 11) is 1.59. The molecule has 1 saturated heterocycles. The Kier molecular flexibility index (Phi) is 3.22. The van der Waals surface area contributed by atoms with Gasteiger partial charge in [0.15, 0.2) is 0 Å². The molecule has 0 aliphatic carbocycles. The number of Topliss-reactive ketones (excluding diaryl/α,β-unsaturated/α-hetero) is 1. The summed E-state index contributed by atoms with van der Waals surface area (Å²) in [4.78, 5) is 25.4. The minimum absolute atomic E-state index is 0.366. The number of ether oxygens (including phenoxy) is 1. The third kappa shape index (κ3) is 2.18. The second-order valence-electron chi connectivity index (χ2n) is 5.05. The predicted octanol–water partition coefficient (Wildman–Crippen LogP) is 2.66. The van der Waals surface area contributed by atoms with Crippen molar-refractivity contribution in [3.8, 4) is 5.75 Å². The molecule has 4 nitrogen and oxygen atoms in total. The van der Waals surface area contributed by atoms with Crippen molar-refractivity contribution in [3.05, 3.63) is 59.7 Å². The standard InChI is InChI=1S/C17H15NO3/c1-11-3-5-12(6-4-11)15-16(19)17(20)18(15)13-7-9-14(21-2)10-8-13/h3-10,15H,1-2H3/t15-/m0/s1. The second kappa shape index (κ2) is 5.05. The highest BCUT2D eigenvalue weighted by molar-refractivity contribution is 6.51. The molecule has 0 unspecified atom stereocenters. The fraction of sp³-hybridized carbons (Fsp3) is 0.176. The Labute approximate surface area is 123 Å². The number of benzene rings is 2. The van der Waals surface area contributed by atoms with Crippen LogP contribution in [0.1, 0.15) is 17.2 Å². The lowest BCUT2D eigenvalue weighted by atomic mass is 9.91. The Balaban J connectivity index is 1.94. The average molecular weight is 281 g/mol. The summed E-state index contributed by atoms with van der Waals surface area (Å²) in [5, 5.41) is 0. The van der Waals surface area contributed by atoms with E-state index in [9.17, 15) is 9.59 Å². The molecule has 2 aromatic carbocycles. The topological polar surface area (TPSA) is 46.6 Å². The first-order valence-corrected chi connectivity index (χ1v) is 6.70. The SMILES string of the molecule is COc1ccc(N2C(=O)C(=O)[C@@H]2c2ccc(C)cc2)cc1. The van der Waals surface area contributed by atoms with Crippen LogP contribution in [0.2, 0.25) is 0 Å². The van der Waals surface area contributed by atoms with Crippen LogP contribution in [-0.2, 0) is 9.59 Å². The molecule has 2 aromatic rings. The molecule has 4 heteroatoms. The number of amides is 1. The average Bonchev–Trinajstić information content (AvgIpc) is 2.53. The molecule has 1 aliphatic rings. The van der Waals surface area contributed by atoms with Crippen molar-refractivity contribution in [3.63, 3.8) is 0 Å². The van der Waals surface area contributed by atoms with E-state index in [4.69, 9.17) is 4.74 Å². The molecular weight excluding hydrogens is 266 g/mol. The van der Waals surface area contributed by atoms with Crippen LogP contribution in [-0.4, -0.2) is 18.8 Å². The van der Waals surface area contributed by atoms with Crippen molar-refractivity contribution in [1.29, 1.82) is 0 Å². The van der Waals surface area contributed by atoms with E-state index in [1.165, 1.54) is 4.90 Å². The van der Waals surface area contributed by atoms with Gasteiger partial charge in [-0.25, -0.2) is 0 Å². The number of rotatable bonds is 3. The second-order valence-corrected chi connectivity index (χ2v) is 5.05. The molecule has 1 heterocycles. The van der Waals surface area contributed by atoms with E-state index in [1.807, 2.05) is 31.2 Å². The lowest BCUT2D eigenvalue weighted by molar-refractivity contribution is -0.143. The van der Waals surface area contributed by atoms with E-state index in [0.717, 1.165) is 11.1 Å². The summed E-state index contributed by atoms with van der Waals surface area (Å²) in [5.74, 6) is -0.120. The number of anilines is 1. The van der Waals surface area contributed by atoms with Crippen LogP contribution in [0.15, 0.2) is 48.5 Å². The highest BCUT2D eigenvalue weighted by Crippen LogP contribution is 2.36. The molecule has 0 aromatic heterocycles. The van der Waals surface area contributed by atoms with E-state index in [0.29, 0.717) is 11.4 Å². The molecule has 1 fully saturated rings. The van der Waals surface area contributed by atoms with Crippen LogP contribution >= 0.6 is 0 Å². The third-order valence-electron chi connectivity index (χ3n) is 3.68. The monoisotopic (exact) mass is 281 g/mol. The minimum atomic E-state index is -0.522. The summed E-state index contributed by atoms with van der Waals surface area (Å²) < 4.78 is 5.10. The summed E-state index contributed by atoms with van der Waals surface area (Å²) >= 11 is 0. The molecule has 0 bridgehead atoms. The van der Waals surface area contributed by atoms with Crippen LogP contribution in [0.25, 0.3) is 0 Å². The zero-order valence-corrected chi connectivity index (χ0v) is 11.9. The van der Waals surface area contributed by atoms with E-state index < -0.39 is 11.9 Å². The van der Waals surface area contributed by atoms with Gasteiger partial charge in [-0.05, 0) is 36.8 Å². The van der Waals surface area contributed by atoms with Crippen molar-refractivity contribution >= 4 is 17.4 Å². The van der Waals surface area contributed by atoms with E-state index in [-0.39, 0.29) is 5.78 Å². The van der Waals surface area contributed by atoms with Gasteiger partial charge in [-0.15, -0.1) is 0 Å². The number of carbonyl (C=O) groups is 2. The van der Waals surface area contributed by atoms with Gasteiger partial charge in [-0.2, -0.15) is 0 Å². The zero-order chi connectivity index (χ0) is 15.0. The quantitative estimate of drug-likeness (QED) is 0.642. The lowest BCUT2D eigenvalue weighted by Crippen LogP contribution is -2.56. The molecule has 1 atom stereocenters. The van der Waals surface area contributed by atoms with Gasteiger partial charge in [0.25, 0.3) is 5.91 Å². The van der Waals surface area contributed by atoms with E-state index >= 15 is 0 Å². The highest BCUT2D eigenvalue weighted by Gasteiger charge is 2.47. The molecule has 106 valence electrons. The number of aryl methyl sites for hydroxylation is 1. The summed E-state index contributed by atoms with van der Waals surface area (Å²) in [6.45, 7) is 1.98. The van der Waals surface area contributed by atoms with Gasteiger partial charge in [0.05, 0.1) is 7.11 Å². The Morgan fingerprint density at radius 1 is 0.952 bits per heavy atom. The smallest absolute Gasteiger partial charge is 0.297 e. The number of hydrogen-bond donors (Lipinski definition) is 0. The first-order chi connectivity index (χ1) is 10.1. The van der Waals surface area contributed by atoms with Crippen LogP contribution in [0.5, 0.6) is 5.75 Å². The number of hydrogen-bond acceptors (Lipinski definition) is 3. The van der Waals surface area contributed by atoms with Crippen molar-refractivity contribution in [2.75, 3.05) is 12.0 Å². The zero-order valence-electron chi connectivity index (χ0n) is 11.9. The molecule has 1 aliphatic heterocycles. The highest BCUT2D eigenvalue weighted by atomic mass is 16.5. The third-order valence-corrected chi connectivity index (χ3v) is 3.68. The Morgan fingerprint density at radius 3 is 2.14 bits per heavy atom. The minimum Gasteiger partial charge on any atom is -0.497 e. The van der Waals surface area contributed by atoms with E-state index in [2.05, 4.69) is 0 Å². The van der Waals surface area contributed by atoms with Crippen LogP contribution < -0.4 is 9.64 Å². The van der Waals surface area contributed by atoms with Gasteiger partial charge < -0.3 is 4.74 Å². The van der Waals surface area contributed by atoms with Crippen molar-refractivity contribution in [2.24, 2.45) is 0 Å². The van der Waals surface area contributed by atoms with Gasteiger partial charge >= 0.3 is 0 Å². The molecular formula is C17H15NO3. The fourth-order valence-corrected chi connectivity index (χ4v) is 2.46. The number of ketones is 1. The summed E-state index contributed by atoms with van der Waals surface area (Å²) in [6.07, 6.45) is 0. The van der Waals surface area contributed by atoms with Gasteiger partial charge in [-0.3, -0.25) is 14.5 Å². The van der Waals surface area contributed by atoms with Gasteiger partial charge in [0, 0.05) is 5.69 Å².